The Morgan fingerprint density at radius 2 is 2.21 bits per heavy atom. The van der Waals surface area contributed by atoms with Gasteiger partial charge < -0.3 is 9.64 Å². The van der Waals surface area contributed by atoms with Gasteiger partial charge in [-0.25, -0.2) is 8.42 Å². The Kier molecular flexibility index (Phi) is 3.72. The number of aromatic nitrogens is 2. The zero-order chi connectivity index (χ0) is 16.9. The van der Waals surface area contributed by atoms with Gasteiger partial charge in [0.25, 0.3) is 5.91 Å². The molecule has 3 heterocycles. The van der Waals surface area contributed by atoms with Crippen molar-refractivity contribution in [1.29, 1.82) is 0 Å². The normalized spacial score (nSPS) is 26.5. The summed E-state index contributed by atoms with van der Waals surface area (Å²) >= 11 is 0. The van der Waals surface area contributed by atoms with Crippen molar-refractivity contribution in [2.45, 2.75) is 37.4 Å². The number of nitrogens with one attached hydrogen (secondary N) is 1. The number of aromatic amines is 1. The van der Waals surface area contributed by atoms with E-state index in [-0.39, 0.29) is 30.7 Å². The maximum atomic E-state index is 12.7. The topological polar surface area (TPSA) is 92.4 Å². The molecule has 1 aromatic heterocycles. The minimum absolute atomic E-state index is 0.0172. The molecule has 1 N–H and O–H groups in total. The number of carbonyl (C=O) groups excluding carboxylic acids is 1. The maximum absolute atomic E-state index is 12.7. The fourth-order valence-corrected chi connectivity index (χ4v) is 6.76. The minimum atomic E-state index is -3.18. The van der Waals surface area contributed by atoms with E-state index in [2.05, 4.69) is 10.2 Å². The van der Waals surface area contributed by atoms with Crippen LogP contribution < -0.4 is 0 Å². The van der Waals surface area contributed by atoms with Crippen LogP contribution in [0.5, 0.6) is 0 Å². The summed E-state index contributed by atoms with van der Waals surface area (Å²) in [6.45, 7) is 3.48. The van der Waals surface area contributed by atoms with E-state index >= 15 is 0 Å². The highest BCUT2D eigenvalue weighted by atomic mass is 32.2. The number of rotatable bonds is 4. The molecule has 1 aliphatic carbocycles. The summed E-state index contributed by atoms with van der Waals surface area (Å²) in [4.78, 5) is 14.4. The van der Waals surface area contributed by atoms with E-state index in [1.54, 1.807) is 4.90 Å². The number of likely N-dealkylation sites (tertiary alicyclic amines) is 1. The molecule has 7 nitrogen and oxygen atoms in total. The number of nitrogens with zero attached hydrogens (tertiary/aromatic N) is 2. The molecule has 1 atom stereocenters. The van der Waals surface area contributed by atoms with E-state index in [1.807, 2.05) is 6.92 Å². The summed E-state index contributed by atoms with van der Waals surface area (Å²) in [5.41, 5.74) is 2.55. The second kappa shape index (κ2) is 5.56. The number of sulfone groups is 1. The highest BCUT2D eigenvalue weighted by molar-refractivity contribution is 7.93. The zero-order valence-corrected chi connectivity index (χ0v) is 14.7. The third kappa shape index (κ3) is 2.15. The molecule has 132 valence electrons. The Morgan fingerprint density at radius 3 is 2.96 bits per heavy atom. The molecule has 0 saturated carbocycles. The molecular formula is C16H23N3O4S. The first kappa shape index (κ1) is 16.1. The largest absolute Gasteiger partial charge is 0.381 e. The van der Waals surface area contributed by atoms with E-state index in [4.69, 9.17) is 4.74 Å². The molecule has 3 aliphatic rings. The predicted molar refractivity (Wildman–Crippen MR) is 87.6 cm³/mol. The second-order valence-corrected chi connectivity index (χ2v) is 9.52. The maximum Gasteiger partial charge on any atom is 0.274 e. The number of aryl methyl sites for hydroxylation is 1. The molecule has 4 rings (SSSR count). The average molecular weight is 353 g/mol. The second-order valence-electron chi connectivity index (χ2n) is 7.07. The molecular weight excluding hydrogens is 330 g/mol. The molecule has 0 bridgehead atoms. The average Bonchev–Trinajstić information content (AvgIpc) is 3.15. The lowest BCUT2D eigenvalue weighted by atomic mass is 9.83. The first-order valence-electron chi connectivity index (χ1n) is 8.64. The molecule has 0 aromatic carbocycles. The minimum Gasteiger partial charge on any atom is -0.381 e. The van der Waals surface area contributed by atoms with Crippen molar-refractivity contribution in [3.63, 3.8) is 0 Å². The Labute approximate surface area is 141 Å². The Balaban J connectivity index is 1.52. The highest BCUT2D eigenvalue weighted by Crippen LogP contribution is 2.45. The molecule has 1 aromatic rings. The molecule has 0 radical (unpaired) electrons. The van der Waals surface area contributed by atoms with E-state index in [9.17, 15) is 13.2 Å². The predicted octanol–water partition coefficient (Wildman–Crippen LogP) is 0.564. The van der Waals surface area contributed by atoms with Gasteiger partial charge in [0, 0.05) is 36.9 Å². The number of hydrogen-bond donors (Lipinski definition) is 1. The number of ether oxygens (including phenoxy) is 1. The zero-order valence-electron chi connectivity index (χ0n) is 13.9. The van der Waals surface area contributed by atoms with Crippen molar-refractivity contribution in [2.75, 3.05) is 32.1 Å². The summed E-state index contributed by atoms with van der Waals surface area (Å²) in [6.07, 6.45) is 3.47. The smallest absolute Gasteiger partial charge is 0.274 e. The van der Waals surface area contributed by atoms with Crippen LogP contribution in [0.4, 0.5) is 0 Å². The van der Waals surface area contributed by atoms with Crippen LogP contribution in [0.2, 0.25) is 0 Å². The monoisotopic (exact) mass is 353 g/mol. The fraction of sp³-hybridized carbons (Fsp3) is 0.750. The van der Waals surface area contributed by atoms with E-state index in [0.717, 1.165) is 30.5 Å². The van der Waals surface area contributed by atoms with Gasteiger partial charge in [-0.2, -0.15) is 5.10 Å². The van der Waals surface area contributed by atoms with Crippen molar-refractivity contribution < 1.29 is 17.9 Å². The van der Waals surface area contributed by atoms with Gasteiger partial charge in [-0.15, -0.1) is 0 Å². The number of hydrogen-bond acceptors (Lipinski definition) is 5. The van der Waals surface area contributed by atoms with Crippen LogP contribution in [0.3, 0.4) is 0 Å². The molecule has 0 unspecified atom stereocenters. The lowest BCUT2D eigenvalue weighted by Gasteiger charge is -2.49. The molecule has 8 heteroatoms. The van der Waals surface area contributed by atoms with Crippen LogP contribution in [0.1, 0.15) is 41.5 Å². The third-order valence-corrected chi connectivity index (χ3v) is 8.44. The van der Waals surface area contributed by atoms with Crippen molar-refractivity contribution >= 4 is 15.7 Å². The Bertz CT molecular complexity index is 764. The summed E-state index contributed by atoms with van der Waals surface area (Å²) in [5, 5.41) is 7.12. The molecule has 24 heavy (non-hydrogen) atoms. The van der Waals surface area contributed by atoms with Gasteiger partial charge in [0.1, 0.15) is 4.75 Å². The SMILES string of the molecule is CCOC[C@H]1CCS(=O)(=O)C12CN(C(=O)c1n[nH]c3c1CCC3)C2. The van der Waals surface area contributed by atoms with Gasteiger partial charge in [0.15, 0.2) is 15.5 Å². The quantitative estimate of drug-likeness (QED) is 0.854. The number of carbonyl (C=O) groups is 1. The first-order chi connectivity index (χ1) is 11.5. The fourth-order valence-electron chi connectivity index (χ4n) is 4.36. The molecule has 1 amide bonds. The Hall–Kier alpha value is -1.41. The lowest BCUT2D eigenvalue weighted by Crippen LogP contribution is -2.68. The van der Waals surface area contributed by atoms with E-state index in [1.165, 1.54) is 0 Å². The highest BCUT2D eigenvalue weighted by Gasteiger charge is 2.62. The summed E-state index contributed by atoms with van der Waals surface area (Å²) < 4.78 is 29.8. The number of H-pyrrole nitrogens is 1. The van der Waals surface area contributed by atoms with Gasteiger partial charge in [0.2, 0.25) is 0 Å². The summed E-state index contributed by atoms with van der Waals surface area (Å²) in [7, 11) is -3.18. The van der Waals surface area contributed by atoms with Crippen LogP contribution >= 0.6 is 0 Å². The van der Waals surface area contributed by atoms with Gasteiger partial charge in [-0.3, -0.25) is 9.89 Å². The Morgan fingerprint density at radius 1 is 1.42 bits per heavy atom. The van der Waals surface area contributed by atoms with Gasteiger partial charge in [0.05, 0.1) is 12.4 Å². The standard InChI is InChI=1S/C16H23N3O4S/c1-2-23-8-11-6-7-24(21,22)16(11)9-19(10-16)15(20)14-12-4-3-5-13(12)17-18-14/h11H,2-10H2,1H3,(H,17,18)/t11-/m1/s1. The van der Waals surface area contributed by atoms with Crippen LogP contribution in [-0.2, 0) is 27.4 Å². The van der Waals surface area contributed by atoms with Crippen LogP contribution in [-0.4, -0.2) is 66.2 Å². The van der Waals surface area contributed by atoms with Crippen molar-refractivity contribution in [2.24, 2.45) is 5.92 Å². The number of amides is 1. The van der Waals surface area contributed by atoms with E-state index in [0.29, 0.717) is 25.3 Å². The third-order valence-electron chi connectivity index (χ3n) is 5.83. The number of fused-ring (bicyclic) bond motifs is 1. The molecule has 1 spiro atoms. The van der Waals surface area contributed by atoms with Gasteiger partial charge in [-0.05, 0) is 32.6 Å². The van der Waals surface area contributed by atoms with E-state index < -0.39 is 14.6 Å². The van der Waals surface area contributed by atoms with Crippen molar-refractivity contribution in [3.8, 4) is 0 Å². The molecule has 2 fully saturated rings. The first-order valence-corrected chi connectivity index (χ1v) is 10.3. The van der Waals surface area contributed by atoms with Crippen LogP contribution in [0.25, 0.3) is 0 Å². The van der Waals surface area contributed by atoms with Gasteiger partial charge >= 0.3 is 0 Å². The summed E-state index contributed by atoms with van der Waals surface area (Å²) in [6, 6.07) is 0. The summed E-state index contributed by atoms with van der Waals surface area (Å²) in [5.74, 6) is 0.0404. The van der Waals surface area contributed by atoms with Gasteiger partial charge in [-0.1, -0.05) is 0 Å². The van der Waals surface area contributed by atoms with Crippen LogP contribution in [0.15, 0.2) is 0 Å². The van der Waals surface area contributed by atoms with Crippen LogP contribution in [0, 0.1) is 5.92 Å². The van der Waals surface area contributed by atoms with Crippen molar-refractivity contribution in [1.82, 2.24) is 15.1 Å². The molecule has 2 aliphatic heterocycles. The van der Waals surface area contributed by atoms with Crippen molar-refractivity contribution in [3.05, 3.63) is 17.0 Å². The lowest BCUT2D eigenvalue weighted by molar-refractivity contribution is 0.0266. The molecule has 2 saturated heterocycles.